The summed E-state index contributed by atoms with van der Waals surface area (Å²) in [5, 5.41) is 9.54. The Morgan fingerprint density at radius 2 is 1.58 bits per heavy atom. The third-order valence-electron chi connectivity index (χ3n) is 3.14. The van der Waals surface area contributed by atoms with E-state index < -0.39 is 11.5 Å². The quantitative estimate of drug-likeness (QED) is 0.907. The van der Waals surface area contributed by atoms with Crippen molar-refractivity contribution in [1.29, 1.82) is 0 Å². The van der Waals surface area contributed by atoms with Crippen molar-refractivity contribution in [2.24, 2.45) is 5.73 Å². The monoisotopic (exact) mass is 277 g/mol. The Labute approximate surface area is 118 Å². The smallest absolute Gasteiger partial charge is 0.333 e. The Kier molecular flexibility index (Phi) is 4.70. The number of carboxylic acids is 1. The molecular weight excluding hydrogens is 262 g/mol. The molecule has 0 aliphatic heterocycles. The average molecular weight is 278 g/mol. The van der Waals surface area contributed by atoms with Crippen molar-refractivity contribution in [3.05, 3.63) is 71.3 Å². The van der Waals surface area contributed by atoms with E-state index in [1.54, 1.807) is 36.4 Å². The summed E-state index contributed by atoms with van der Waals surface area (Å²) in [6.45, 7) is 1.86. The Morgan fingerprint density at radius 3 is 2.11 bits per heavy atom. The highest BCUT2D eigenvalue weighted by Crippen LogP contribution is 2.29. The summed E-state index contributed by atoms with van der Waals surface area (Å²) in [5.41, 5.74) is 6.73. The van der Waals surface area contributed by atoms with Gasteiger partial charge in [0.05, 0.1) is 0 Å². The molecule has 0 fully saturated rings. The number of hydrogen-bond acceptors (Lipinski definition) is 2. The number of halogens is 1. The van der Waals surface area contributed by atoms with Crippen LogP contribution >= 0.6 is 12.4 Å². The van der Waals surface area contributed by atoms with Gasteiger partial charge in [0.2, 0.25) is 0 Å². The molecule has 0 aliphatic rings. The molecule has 0 heterocycles. The highest BCUT2D eigenvalue weighted by Gasteiger charge is 2.38. The van der Waals surface area contributed by atoms with E-state index in [4.69, 9.17) is 5.73 Å². The summed E-state index contributed by atoms with van der Waals surface area (Å²) in [7, 11) is 0. The van der Waals surface area contributed by atoms with Crippen molar-refractivity contribution < 1.29 is 9.90 Å². The van der Waals surface area contributed by atoms with E-state index in [0.29, 0.717) is 11.1 Å². The van der Waals surface area contributed by atoms with E-state index >= 15 is 0 Å². The molecule has 4 heteroatoms. The molecule has 0 saturated heterocycles. The van der Waals surface area contributed by atoms with Gasteiger partial charge in [-0.2, -0.15) is 0 Å². The van der Waals surface area contributed by atoms with Crippen LogP contribution < -0.4 is 5.73 Å². The van der Waals surface area contributed by atoms with Gasteiger partial charge in [0.25, 0.3) is 0 Å². The van der Waals surface area contributed by atoms with Gasteiger partial charge in [-0.25, -0.2) is 4.79 Å². The summed E-state index contributed by atoms with van der Waals surface area (Å²) in [5.74, 6) is -1.05. The van der Waals surface area contributed by atoms with Crippen LogP contribution in [0.2, 0.25) is 0 Å². The van der Waals surface area contributed by atoms with Crippen LogP contribution in [-0.4, -0.2) is 11.1 Å². The number of rotatable bonds is 3. The summed E-state index contributed by atoms with van der Waals surface area (Å²) < 4.78 is 0. The first-order chi connectivity index (χ1) is 8.56. The van der Waals surface area contributed by atoms with Gasteiger partial charge in [-0.1, -0.05) is 54.6 Å². The van der Waals surface area contributed by atoms with E-state index in [9.17, 15) is 9.90 Å². The Hall–Kier alpha value is -1.84. The largest absolute Gasteiger partial charge is 0.479 e. The molecule has 0 aliphatic carbocycles. The molecule has 1 unspecified atom stereocenters. The van der Waals surface area contributed by atoms with Gasteiger partial charge in [0.1, 0.15) is 0 Å². The van der Waals surface area contributed by atoms with Gasteiger partial charge < -0.3 is 10.8 Å². The van der Waals surface area contributed by atoms with Crippen molar-refractivity contribution in [3.8, 4) is 0 Å². The highest BCUT2D eigenvalue weighted by molar-refractivity contribution is 5.86. The second-order valence-corrected chi connectivity index (χ2v) is 4.29. The molecule has 0 spiro atoms. The SMILES string of the molecule is Cc1ccccc1C(N)(C(=O)O)c1ccccc1.Cl. The molecule has 0 radical (unpaired) electrons. The number of aliphatic carboxylic acids is 1. The molecule has 0 amide bonds. The fraction of sp³-hybridized carbons (Fsp3) is 0.133. The zero-order valence-electron chi connectivity index (χ0n) is 10.5. The van der Waals surface area contributed by atoms with Gasteiger partial charge in [-0.15, -0.1) is 12.4 Å². The van der Waals surface area contributed by atoms with E-state index in [-0.39, 0.29) is 12.4 Å². The number of nitrogens with two attached hydrogens (primary N) is 1. The molecule has 2 aromatic carbocycles. The second kappa shape index (κ2) is 5.87. The van der Waals surface area contributed by atoms with Gasteiger partial charge in [-0.3, -0.25) is 0 Å². The lowest BCUT2D eigenvalue weighted by Crippen LogP contribution is -2.46. The number of carbonyl (C=O) groups is 1. The molecule has 19 heavy (non-hydrogen) atoms. The molecule has 0 bridgehead atoms. The van der Waals surface area contributed by atoms with E-state index in [1.165, 1.54) is 0 Å². The Bertz CT molecular complexity index is 571. The van der Waals surface area contributed by atoms with E-state index in [1.807, 2.05) is 25.1 Å². The van der Waals surface area contributed by atoms with Crippen LogP contribution in [0.1, 0.15) is 16.7 Å². The maximum absolute atomic E-state index is 11.6. The van der Waals surface area contributed by atoms with Gasteiger partial charge in [0.15, 0.2) is 5.54 Å². The topological polar surface area (TPSA) is 63.3 Å². The molecular formula is C15H16ClNO2. The summed E-state index contributed by atoms with van der Waals surface area (Å²) in [6.07, 6.45) is 0. The second-order valence-electron chi connectivity index (χ2n) is 4.29. The van der Waals surface area contributed by atoms with Crippen LogP contribution in [0, 0.1) is 6.92 Å². The van der Waals surface area contributed by atoms with Crippen molar-refractivity contribution in [2.75, 3.05) is 0 Å². The molecule has 2 aromatic rings. The molecule has 1 atom stereocenters. The van der Waals surface area contributed by atoms with Crippen molar-refractivity contribution in [1.82, 2.24) is 0 Å². The lowest BCUT2D eigenvalue weighted by Gasteiger charge is -2.27. The zero-order chi connectivity index (χ0) is 13.2. The zero-order valence-corrected chi connectivity index (χ0v) is 11.4. The first kappa shape index (κ1) is 15.2. The van der Waals surface area contributed by atoms with Gasteiger partial charge in [0, 0.05) is 0 Å². The predicted octanol–water partition coefficient (Wildman–Crippen LogP) is 2.70. The predicted molar refractivity (Wildman–Crippen MR) is 77.5 cm³/mol. The van der Waals surface area contributed by atoms with Crippen LogP contribution in [0.5, 0.6) is 0 Å². The average Bonchev–Trinajstić information content (AvgIpc) is 2.39. The minimum atomic E-state index is -1.51. The van der Waals surface area contributed by atoms with Crippen LogP contribution in [-0.2, 0) is 10.3 Å². The molecule has 3 nitrogen and oxygen atoms in total. The lowest BCUT2D eigenvalue weighted by atomic mass is 9.81. The minimum absolute atomic E-state index is 0. The van der Waals surface area contributed by atoms with Crippen molar-refractivity contribution in [3.63, 3.8) is 0 Å². The van der Waals surface area contributed by atoms with Crippen LogP contribution in [0.25, 0.3) is 0 Å². The fourth-order valence-corrected chi connectivity index (χ4v) is 2.11. The Balaban J connectivity index is 0.00000180. The van der Waals surface area contributed by atoms with Crippen LogP contribution in [0.15, 0.2) is 54.6 Å². The number of benzene rings is 2. The molecule has 100 valence electrons. The lowest BCUT2D eigenvalue weighted by molar-refractivity contribution is -0.142. The van der Waals surface area contributed by atoms with E-state index in [0.717, 1.165) is 5.56 Å². The third kappa shape index (κ3) is 2.62. The normalized spacial score (nSPS) is 13.2. The third-order valence-corrected chi connectivity index (χ3v) is 3.14. The number of carboxylic acid groups (broad SMARTS) is 1. The number of hydrogen-bond donors (Lipinski definition) is 2. The van der Waals surface area contributed by atoms with Gasteiger partial charge >= 0.3 is 5.97 Å². The van der Waals surface area contributed by atoms with E-state index in [2.05, 4.69) is 0 Å². The summed E-state index contributed by atoms with van der Waals surface area (Å²) in [6, 6.07) is 16.2. The number of aryl methyl sites for hydroxylation is 1. The molecule has 0 aromatic heterocycles. The molecule has 2 rings (SSSR count). The fourth-order valence-electron chi connectivity index (χ4n) is 2.11. The standard InChI is InChI=1S/C15H15NO2.ClH/c1-11-7-5-6-10-13(11)15(16,14(17)18)12-8-3-2-4-9-12;/h2-10H,16H2,1H3,(H,17,18);1H. The Morgan fingerprint density at radius 1 is 1.05 bits per heavy atom. The molecule has 3 N–H and O–H groups in total. The summed E-state index contributed by atoms with van der Waals surface area (Å²) >= 11 is 0. The summed E-state index contributed by atoms with van der Waals surface area (Å²) in [4.78, 5) is 11.6. The first-order valence-electron chi connectivity index (χ1n) is 5.70. The van der Waals surface area contributed by atoms with Gasteiger partial charge in [-0.05, 0) is 23.6 Å². The maximum Gasteiger partial charge on any atom is 0.333 e. The van der Waals surface area contributed by atoms with Crippen molar-refractivity contribution >= 4 is 18.4 Å². The van der Waals surface area contributed by atoms with Crippen LogP contribution in [0.3, 0.4) is 0 Å². The van der Waals surface area contributed by atoms with Crippen LogP contribution in [0.4, 0.5) is 0 Å². The minimum Gasteiger partial charge on any atom is -0.479 e. The first-order valence-corrected chi connectivity index (χ1v) is 5.70. The maximum atomic E-state index is 11.6. The molecule has 0 saturated carbocycles. The highest BCUT2D eigenvalue weighted by atomic mass is 35.5. The van der Waals surface area contributed by atoms with Crippen molar-refractivity contribution in [2.45, 2.75) is 12.5 Å².